The number of aromatic nitrogens is 2. The van der Waals surface area contributed by atoms with Gasteiger partial charge in [-0.25, -0.2) is 9.97 Å². The second-order valence-corrected chi connectivity index (χ2v) is 8.99. The van der Waals surface area contributed by atoms with E-state index in [1.165, 1.54) is 6.33 Å². The van der Waals surface area contributed by atoms with Crippen molar-refractivity contribution in [2.75, 3.05) is 33.8 Å². The average molecular weight is 522 g/mol. The third-order valence-corrected chi connectivity index (χ3v) is 6.93. The molecule has 0 fully saturated rings. The fourth-order valence-corrected chi connectivity index (χ4v) is 5.10. The van der Waals surface area contributed by atoms with Gasteiger partial charge in [0, 0.05) is 22.6 Å². The van der Waals surface area contributed by atoms with Gasteiger partial charge in [0.1, 0.15) is 23.6 Å². The zero-order valence-electron chi connectivity index (χ0n) is 22.0. The molecule has 8 nitrogen and oxygen atoms in total. The van der Waals surface area contributed by atoms with E-state index in [2.05, 4.69) is 39.6 Å². The maximum Gasteiger partial charge on any atom is 0.228 e. The van der Waals surface area contributed by atoms with Crippen molar-refractivity contribution in [2.45, 2.75) is 5.92 Å². The minimum absolute atomic E-state index is 0.302. The molecule has 2 heterocycles. The molecule has 4 aromatic carbocycles. The minimum atomic E-state index is -0.302. The molecule has 5 aromatic rings. The number of anilines is 2. The molecule has 39 heavy (non-hydrogen) atoms. The number of fused-ring (bicyclic) bond motifs is 4. The Morgan fingerprint density at radius 2 is 1.51 bits per heavy atom. The van der Waals surface area contributed by atoms with E-state index in [-0.39, 0.29) is 5.92 Å². The van der Waals surface area contributed by atoms with E-state index >= 15 is 0 Å². The predicted molar refractivity (Wildman–Crippen MR) is 149 cm³/mol. The van der Waals surface area contributed by atoms with E-state index in [0.29, 0.717) is 28.9 Å². The van der Waals surface area contributed by atoms with Gasteiger partial charge in [-0.15, -0.1) is 0 Å². The van der Waals surface area contributed by atoms with Gasteiger partial charge in [0.2, 0.25) is 11.6 Å². The van der Waals surface area contributed by atoms with Gasteiger partial charge in [0.15, 0.2) is 11.5 Å². The molecule has 0 spiro atoms. The van der Waals surface area contributed by atoms with Crippen LogP contribution in [-0.4, -0.2) is 38.4 Å². The van der Waals surface area contributed by atoms with Crippen LogP contribution in [0.15, 0.2) is 79.1 Å². The van der Waals surface area contributed by atoms with E-state index in [1.807, 2.05) is 48.5 Å². The van der Waals surface area contributed by atoms with Crippen molar-refractivity contribution >= 4 is 22.3 Å². The monoisotopic (exact) mass is 521 g/mol. The Kier molecular flexibility index (Phi) is 6.28. The van der Waals surface area contributed by atoms with Crippen LogP contribution in [0.1, 0.15) is 22.6 Å². The summed E-state index contributed by atoms with van der Waals surface area (Å²) in [4.78, 5) is 9.21. The van der Waals surface area contributed by atoms with E-state index in [0.717, 1.165) is 44.6 Å². The van der Waals surface area contributed by atoms with Crippen LogP contribution in [0.4, 0.5) is 11.5 Å². The van der Waals surface area contributed by atoms with Crippen LogP contribution in [-0.2, 0) is 0 Å². The molecule has 1 unspecified atom stereocenters. The number of hydrogen-bond donors (Lipinski definition) is 1. The first kappa shape index (κ1) is 24.4. The average Bonchev–Trinajstić information content (AvgIpc) is 2.99. The minimum Gasteiger partial charge on any atom is -0.497 e. The maximum atomic E-state index is 6.52. The Balaban J connectivity index is 1.59. The molecule has 0 radical (unpaired) electrons. The SMILES string of the molecule is COc1ccc(Nc2ncnc3c2C(c2cc(OC)c(OC)c(OC)c2)c2ccc4ccccc4c2O3)cc1. The fourth-order valence-electron chi connectivity index (χ4n) is 5.10. The summed E-state index contributed by atoms with van der Waals surface area (Å²) in [5.41, 5.74) is 3.54. The van der Waals surface area contributed by atoms with Crippen molar-refractivity contribution in [1.29, 1.82) is 0 Å². The quantitative estimate of drug-likeness (QED) is 0.249. The Labute approximate surface area is 226 Å². The van der Waals surface area contributed by atoms with Gasteiger partial charge in [-0.1, -0.05) is 36.4 Å². The summed E-state index contributed by atoms with van der Waals surface area (Å²) >= 11 is 0. The Morgan fingerprint density at radius 1 is 0.769 bits per heavy atom. The Hall–Kier alpha value is -4.98. The lowest BCUT2D eigenvalue weighted by Crippen LogP contribution is -2.16. The highest BCUT2D eigenvalue weighted by Crippen LogP contribution is 2.53. The molecule has 0 amide bonds. The topological polar surface area (TPSA) is 84.0 Å². The standard InChI is InChI=1S/C31H27N3O5/c1-35-21-12-10-20(11-13-21)34-30-27-26(19-15-24(36-2)29(38-4)25(16-19)37-3)23-14-9-18-7-5-6-8-22(18)28(23)39-31(27)33-17-32-30/h5-17,26H,1-4H3,(H,32,33,34). The molecule has 0 saturated heterocycles. The molecule has 1 atom stereocenters. The van der Waals surface area contributed by atoms with Gasteiger partial charge in [0.25, 0.3) is 0 Å². The molecule has 0 aliphatic carbocycles. The number of benzene rings is 4. The summed E-state index contributed by atoms with van der Waals surface area (Å²) < 4.78 is 28.8. The lowest BCUT2D eigenvalue weighted by Gasteiger charge is -2.30. The first-order valence-corrected chi connectivity index (χ1v) is 12.4. The van der Waals surface area contributed by atoms with Crippen LogP contribution >= 0.6 is 0 Å². The van der Waals surface area contributed by atoms with Gasteiger partial charge in [-0.2, -0.15) is 0 Å². The third-order valence-electron chi connectivity index (χ3n) is 6.93. The lowest BCUT2D eigenvalue weighted by molar-refractivity contribution is 0.323. The van der Waals surface area contributed by atoms with Crippen molar-refractivity contribution in [3.63, 3.8) is 0 Å². The van der Waals surface area contributed by atoms with E-state index < -0.39 is 0 Å². The van der Waals surface area contributed by atoms with Gasteiger partial charge in [0.05, 0.1) is 34.0 Å². The first-order valence-electron chi connectivity index (χ1n) is 12.4. The van der Waals surface area contributed by atoms with Crippen LogP contribution < -0.4 is 29.0 Å². The summed E-state index contributed by atoms with van der Waals surface area (Å²) in [7, 11) is 6.46. The molecule has 0 bridgehead atoms. The highest BCUT2D eigenvalue weighted by atomic mass is 16.5. The molecular formula is C31H27N3O5. The molecular weight excluding hydrogens is 494 g/mol. The predicted octanol–water partition coefficient (Wildman–Crippen LogP) is 6.69. The summed E-state index contributed by atoms with van der Waals surface area (Å²) in [6.45, 7) is 0. The number of methoxy groups -OCH3 is 4. The largest absolute Gasteiger partial charge is 0.497 e. The lowest BCUT2D eigenvalue weighted by atomic mass is 9.82. The second kappa shape index (κ2) is 10.1. The number of nitrogens with one attached hydrogen (secondary N) is 1. The number of ether oxygens (including phenoxy) is 5. The zero-order chi connectivity index (χ0) is 26.9. The molecule has 8 heteroatoms. The first-order chi connectivity index (χ1) is 19.1. The van der Waals surface area contributed by atoms with E-state index in [4.69, 9.17) is 23.7 Å². The highest BCUT2D eigenvalue weighted by molar-refractivity contribution is 5.91. The Morgan fingerprint density at radius 3 is 2.21 bits per heavy atom. The van der Waals surface area contributed by atoms with Crippen molar-refractivity contribution < 1.29 is 23.7 Å². The van der Waals surface area contributed by atoms with Crippen LogP contribution in [0, 0.1) is 0 Å². The van der Waals surface area contributed by atoms with E-state index in [9.17, 15) is 0 Å². The van der Waals surface area contributed by atoms with Gasteiger partial charge < -0.3 is 29.0 Å². The molecule has 0 saturated carbocycles. The van der Waals surface area contributed by atoms with Crippen molar-refractivity contribution in [3.05, 3.63) is 95.8 Å². The van der Waals surface area contributed by atoms with Gasteiger partial charge in [-0.05, 0) is 47.3 Å². The van der Waals surface area contributed by atoms with Crippen molar-refractivity contribution in [2.24, 2.45) is 0 Å². The third kappa shape index (κ3) is 4.20. The second-order valence-electron chi connectivity index (χ2n) is 8.99. The molecule has 196 valence electrons. The van der Waals surface area contributed by atoms with Crippen LogP contribution in [0.5, 0.6) is 34.6 Å². The van der Waals surface area contributed by atoms with Gasteiger partial charge in [-0.3, -0.25) is 0 Å². The van der Waals surface area contributed by atoms with Gasteiger partial charge >= 0.3 is 0 Å². The molecule has 1 aliphatic rings. The van der Waals surface area contributed by atoms with E-state index in [1.54, 1.807) is 28.4 Å². The number of hydrogen-bond acceptors (Lipinski definition) is 8. The molecule has 1 aliphatic heterocycles. The summed E-state index contributed by atoms with van der Waals surface area (Å²) in [5, 5.41) is 5.54. The van der Waals surface area contributed by atoms with Crippen molar-refractivity contribution in [3.8, 4) is 34.6 Å². The highest BCUT2D eigenvalue weighted by Gasteiger charge is 2.35. The number of nitrogens with zero attached hydrogens (tertiary/aromatic N) is 2. The summed E-state index contributed by atoms with van der Waals surface area (Å²) in [6, 6.07) is 23.9. The summed E-state index contributed by atoms with van der Waals surface area (Å²) in [5.74, 6) is 3.97. The smallest absolute Gasteiger partial charge is 0.228 e. The van der Waals surface area contributed by atoms with Crippen molar-refractivity contribution in [1.82, 2.24) is 9.97 Å². The summed E-state index contributed by atoms with van der Waals surface area (Å²) in [6.07, 6.45) is 1.51. The zero-order valence-corrected chi connectivity index (χ0v) is 22.0. The fraction of sp³-hybridized carbons (Fsp3) is 0.161. The maximum absolute atomic E-state index is 6.52. The molecule has 1 aromatic heterocycles. The normalized spacial score (nSPS) is 13.6. The van der Waals surface area contributed by atoms with Crippen LogP contribution in [0.2, 0.25) is 0 Å². The van der Waals surface area contributed by atoms with Crippen LogP contribution in [0.3, 0.4) is 0 Å². The van der Waals surface area contributed by atoms with Crippen LogP contribution in [0.25, 0.3) is 10.8 Å². The molecule has 1 N–H and O–H groups in total. The Bertz CT molecular complexity index is 1640. The number of rotatable bonds is 7. The molecule has 6 rings (SSSR count).